The highest BCUT2D eigenvalue weighted by atomic mass is 35.5. The van der Waals surface area contributed by atoms with Gasteiger partial charge in [0.05, 0.1) is 23.4 Å². The fourth-order valence-electron chi connectivity index (χ4n) is 4.15. The lowest BCUT2D eigenvalue weighted by Gasteiger charge is -2.37. The van der Waals surface area contributed by atoms with Gasteiger partial charge in [-0.15, -0.1) is 0 Å². The van der Waals surface area contributed by atoms with Gasteiger partial charge in [-0.25, -0.2) is 8.42 Å². The predicted octanol–water partition coefficient (Wildman–Crippen LogP) is 4.85. The molecule has 3 aromatic rings. The molecule has 4 rings (SSSR count). The summed E-state index contributed by atoms with van der Waals surface area (Å²) < 4.78 is 33.8. The van der Waals surface area contributed by atoms with Crippen LogP contribution in [0.4, 0.5) is 11.4 Å². The van der Waals surface area contributed by atoms with Gasteiger partial charge in [0.15, 0.2) is 0 Å². The Labute approximate surface area is 221 Å². The maximum Gasteiger partial charge on any atom is 0.264 e. The lowest BCUT2D eigenvalue weighted by molar-refractivity contribution is -0.129. The van der Waals surface area contributed by atoms with Gasteiger partial charge >= 0.3 is 0 Å². The Balaban J connectivity index is 1.56. The fraction of sp³-hybridized carbons (Fsp3) is 0.269. The van der Waals surface area contributed by atoms with E-state index in [1.54, 1.807) is 24.1 Å². The van der Waals surface area contributed by atoms with Crippen LogP contribution in [0.15, 0.2) is 71.6 Å². The van der Waals surface area contributed by atoms with E-state index in [1.165, 1.54) is 30.3 Å². The molecule has 7 nitrogen and oxygen atoms in total. The van der Waals surface area contributed by atoms with E-state index in [0.717, 1.165) is 21.3 Å². The van der Waals surface area contributed by atoms with Crippen molar-refractivity contribution in [2.24, 2.45) is 0 Å². The highest BCUT2D eigenvalue weighted by molar-refractivity contribution is 7.92. The molecule has 0 bridgehead atoms. The number of hydrogen-bond donors (Lipinski definition) is 0. The quantitative estimate of drug-likeness (QED) is 0.422. The first-order valence-corrected chi connectivity index (χ1v) is 13.6. The molecule has 0 N–H and O–H groups in total. The largest absolute Gasteiger partial charge is 0.495 e. The Kier molecular flexibility index (Phi) is 7.97. The summed E-state index contributed by atoms with van der Waals surface area (Å²) in [5, 5.41) is 0.555. The van der Waals surface area contributed by atoms with Crippen molar-refractivity contribution in [1.29, 1.82) is 0 Å². The van der Waals surface area contributed by atoms with Crippen molar-refractivity contribution >= 4 is 50.5 Å². The SMILES string of the molecule is COc1ccccc1N1CCN(C(=O)CN(c2cc(Cl)cc(Cl)c2)S(=O)(=O)c2ccc(C)cc2)CC1. The highest BCUT2D eigenvalue weighted by Gasteiger charge is 2.31. The molecule has 3 aromatic carbocycles. The summed E-state index contributed by atoms with van der Waals surface area (Å²) in [5.74, 6) is 0.465. The fourth-order valence-corrected chi connectivity index (χ4v) is 6.06. The van der Waals surface area contributed by atoms with Crippen LogP contribution in [0.1, 0.15) is 5.56 Å². The Morgan fingerprint density at radius 3 is 2.17 bits per heavy atom. The van der Waals surface area contributed by atoms with Gasteiger partial charge in [0.25, 0.3) is 10.0 Å². The molecular formula is C26H27Cl2N3O4S. The van der Waals surface area contributed by atoms with Crippen LogP contribution in [0.5, 0.6) is 5.75 Å². The normalized spacial score (nSPS) is 14.0. The second-order valence-corrected chi connectivity index (χ2v) is 11.2. The van der Waals surface area contributed by atoms with Crippen LogP contribution in [0.2, 0.25) is 10.0 Å². The van der Waals surface area contributed by atoms with Crippen LogP contribution in [0.25, 0.3) is 0 Å². The molecule has 1 saturated heterocycles. The first kappa shape index (κ1) is 26.1. The van der Waals surface area contributed by atoms with Crippen molar-refractivity contribution in [2.75, 3.05) is 49.0 Å². The average molecular weight is 548 g/mol. The van der Waals surface area contributed by atoms with Crippen molar-refractivity contribution in [3.63, 3.8) is 0 Å². The number of amides is 1. The van der Waals surface area contributed by atoms with Gasteiger partial charge in [-0.3, -0.25) is 9.10 Å². The Hall–Kier alpha value is -2.94. The number of halogens is 2. The molecule has 1 amide bonds. The number of sulfonamides is 1. The third-order valence-electron chi connectivity index (χ3n) is 6.08. The maximum absolute atomic E-state index is 13.6. The Morgan fingerprint density at radius 2 is 1.56 bits per heavy atom. The number of anilines is 2. The van der Waals surface area contributed by atoms with Crippen molar-refractivity contribution in [1.82, 2.24) is 4.90 Å². The molecule has 36 heavy (non-hydrogen) atoms. The zero-order valence-corrected chi connectivity index (χ0v) is 22.4. The van der Waals surface area contributed by atoms with Crippen LogP contribution in [0, 0.1) is 6.92 Å². The second-order valence-electron chi connectivity index (χ2n) is 8.49. The molecule has 0 radical (unpaired) electrons. The predicted molar refractivity (Wildman–Crippen MR) is 144 cm³/mol. The number of aryl methyl sites for hydroxylation is 1. The first-order valence-electron chi connectivity index (χ1n) is 11.4. The summed E-state index contributed by atoms with van der Waals surface area (Å²) in [6.45, 7) is 3.59. The van der Waals surface area contributed by atoms with Gasteiger partial charge in [-0.2, -0.15) is 0 Å². The van der Waals surface area contributed by atoms with E-state index in [2.05, 4.69) is 4.90 Å². The summed E-state index contributed by atoms with van der Waals surface area (Å²) in [6, 6.07) is 18.7. The zero-order chi connectivity index (χ0) is 25.9. The van der Waals surface area contributed by atoms with Crippen molar-refractivity contribution in [3.05, 3.63) is 82.3 Å². The van der Waals surface area contributed by atoms with Gasteiger partial charge in [-0.1, -0.05) is 53.0 Å². The molecule has 0 unspecified atom stereocenters. The standard InChI is InChI=1S/C26H27Cl2N3O4S/c1-19-7-9-23(10-8-19)36(33,34)31(22-16-20(27)15-21(28)17-22)18-26(32)30-13-11-29(12-14-30)24-5-3-4-6-25(24)35-2/h3-10,15-17H,11-14,18H2,1-2H3. The summed E-state index contributed by atoms with van der Waals surface area (Å²) in [5.41, 5.74) is 2.12. The van der Waals surface area contributed by atoms with Crippen LogP contribution in [0.3, 0.4) is 0 Å². The van der Waals surface area contributed by atoms with Crippen molar-refractivity contribution in [3.8, 4) is 5.75 Å². The molecule has 1 aliphatic rings. The number of ether oxygens (including phenoxy) is 1. The molecular weight excluding hydrogens is 521 g/mol. The van der Waals surface area contributed by atoms with Crippen LogP contribution < -0.4 is 13.9 Å². The van der Waals surface area contributed by atoms with E-state index in [0.29, 0.717) is 26.2 Å². The van der Waals surface area contributed by atoms with Crippen LogP contribution in [-0.4, -0.2) is 59.1 Å². The third-order valence-corrected chi connectivity index (χ3v) is 8.31. The summed E-state index contributed by atoms with van der Waals surface area (Å²) >= 11 is 12.4. The lowest BCUT2D eigenvalue weighted by atomic mass is 10.2. The minimum atomic E-state index is -4.06. The van der Waals surface area contributed by atoms with Gasteiger partial charge in [0.1, 0.15) is 12.3 Å². The molecule has 0 saturated carbocycles. The number of nitrogens with zero attached hydrogens (tertiary/aromatic N) is 3. The summed E-state index contributed by atoms with van der Waals surface area (Å²) in [6.07, 6.45) is 0. The number of methoxy groups -OCH3 is 1. The molecule has 0 atom stereocenters. The van der Waals surface area contributed by atoms with E-state index in [9.17, 15) is 13.2 Å². The first-order chi connectivity index (χ1) is 17.2. The van der Waals surface area contributed by atoms with E-state index < -0.39 is 10.0 Å². The smallest absolute Gasteiger partial charge is 0.264 e. The molecule has 1 fully saturated rings. The van der Waals surface area contributed by atoms with Gasteiger partial charge < -0.3 is 14.5 Å². The number of rotatable bonds is 7. The molecule has 10 heteroatoms. The number of para-hydroxylation sites is 2. The summed E-state index contributed by atoms with van der Waals surface area (Å²) in [4.78, 5) is 17.3. The maximum atomic E-state index is 13.6. The molecule has 1 heterocycles. The topological polar surface area (TPSA) is 70.2 Å². The molecule has 0 spiro atoms. The van der Waals surface area contributed by atoms with Gasteiger partial charge in [-0.05, 0) is 49.4 Å². The number of carbonyl (C=O) groups excluding carboxylic acids is 1. The monoisotopic (exact) mass is 547 g/mol. The van der Waals surface area contributed by atoms with Gasteiger partial charge in [0.2, 0.25) is 5.91 Å². The molecule has 0 aromatic heterocycles. The molecule has 190 valence electrons. The second kappa shape index (κ2) is 11.0. The number of hydrogen-bond acceptors (Lipinski definition) is 5. The van der Waals surface area contributed by atoms with Crippen LogP contribution >= 0.6 is 23.2 Å². The summed E-state index contributed by atoms with van der Waals surface area (Å²) in [7, 11) is -2.43. The van der Waals surface area contributed by atoms with E-state index in [-0.39, 0.29) is 33.1 Å². The van der Waals surface area contributed by atoms with Crippen LogP contribution in [-0.2, 0) is 14.8 Å². The molecule has 0 aliphatic carbocycles. The lowest BCUT2D eigenvalue weighted by Crippen LogP contribution is -2.52. The van der Waals surface area contributed by atoms with E-state index in [4.69, 9.17) is 27.9 Å². The number of benzene rings is 3. The van der Waals surface area contributed by atoms with Gasteiger partial charge in [0, 0.05) is 36.2 Å². The van der Waals surface area contributed by atoms with Crippen molar-refractivity contribution in [2.45, 2.75) is 11.8 Å². The third kappa shape index (κ3) is 5.72. The number of piperazine rings is 1. The minimum Gasteiger partial charge on any atom is -0.495 e. The minimum absolute atomic E-state index is 0.0815. The number of carbonyl (C=O) groups is 1. The Bertz CT molecular complexity index is 1320. The zero-order valence-electron chi connectivity index (χ0n) is 20.0. The average Bonchev–Trinajstić information content (AvgIpc) is 2.86. The highest BCUT2D eigenvalue weighted by Crippen LogP contribution is 2.31. The molecule has 1 aliphatic heterocycles. The Morgan fingerprint density at radius 1 is 0.944 bits per heavy atom. The van der Waals surface area contributed by atoms with Crippen molar-refractivity contribution < 1.29 is 17.9 Å². The van der Waals surface area contributed by atoms with E-state index >= 15 is 0 Å². The van der Waals surface area contributed by atoms with E-state index in [1.807, 2.05) is 31.2 Å².